The van der Waals surface area contributed by atoms with Crippen LogP contribution in [0.5, 0.6) is 0 Å². The molecule has 2 saturated carbocycles. The van der Waals surface area contributed by atoms with Gasteiger partial charge in [0.1, 0.15) is 5.82 Å². The first-order chi connectivity index (χ1) is 10.4. The maximum atomic E-state index is 5.59. The average molecular weight is 288 g/mol. The summed E-state index contributed by atoms with van der Waals surface area (Å²) in [6.45, 7) is 1.65. The second-order valence-electron chi connectivity index (χ2n) is 6.56. The van der Waals surface area contributed by atoms with Gasteiger partial charge >= 0.3 is 0 Å². The van der Waals surface area contributed by atoms with Crippen LogP contribution in [0, 0.1) is 0 Å². The van der Waals surface area contributed by atoms with Crippen LogP contribution in [0.2, 0.25) is 0 Å². The Morgan fingerprint density at radius 3 is 2.38 bits per heavy atom. The molecule has 2 aliphatic carbocycles. The Labute approximate surface area is 127 Å². The molecule has 0 bridgehead atoms. The fourth-order valence-corrected chi connectivity index (χ4v) is 3.76. The van der Waals surface area contributed by atoms with E-state index in [1.807, 2.05) is 6.20 Å². The molecule has 0 atom stereocenters. The highest BCUT2D eigenvalue weighted by Crippen LogP contribution is 2.38. The molecule has 0 amide bonds. The number of nitrogens with one attached hydrogen (secondary N) is 1. The summed E-state index contributed by atoms with van der Waals surface area (Å²) in [6, 6.07) is 0. The monoisotopic (exact) mass is 288 g/mol. The summed E-state index contributed by atoms with van der Waals surface area (Å²) in [4.78, 5) is 9.68. The second kappa shape index (κ2) is 7.21. The lowest BCUT2D eigenvalue weighted by Gasteiger charge is -2.18. The smallest absolute Gasteiger partial charge is 0.131 e. The summed E-state index contributed by atoms with van der Waals surface area (Å²) in [5.74, 6) is 2.33. The van der Waals surface area contributed by atoms with Crippen molar-refractivity contribution < 1.29 is 0 Å². The van der Waals surface area contributed by atoms with Gasteiger partial charge in [-0.2, -0.15) is 0 Å². The molecule has 0 unspecified atom stereocenters. The van der Waals surface area contributed by atoms with E-state index in [0.717, 1.165) is 31.0 Å². The van der Waals surface area contributed by atoms with Gasteiger partial charge in [0.15, 0.2) is 0 Å². The fraction of sp³-hybridized carbons (Fsp3) is 0.765. The number of nitrogens with zero attached hydrogens (tertiary/aromatic N) is 2. The van der Waals surface area contributed by atoms with Gasteiger partial charge in [-0.15, -0.1) is 0 Å². The van der Waals surface area contributed by atoms with Crippen LogP contribution in [0.25, 0.3) is 0 Å². The number of rotatable bonds is 6. The molecule has 1 heterocycles. The molecule has 1 aromatic rings. The van der Waals surface area contributed by atoms with E-state index in [1.54, 1.807) is 0 Å². The van der Waals surface area contributed by atoms with Crippen LogP contribution >= 0.6 is 0 Å². The lowest BCUT2D eigenvalue weighted by Crippen LogP contribution is -2.14. The lowest BCUT2D eigenvalue weighted by atomic mass is 10.0. The van der Waals surface area contributed by atoms with Crippen molar-refractivity contribution in [3.63, 3.8) is 0 Å². The van der Waals surface area contributed by atoms with E-state index in [1.165, 1.54) is 57.1 Å². The van der Waals surface area contributed by atoms with Gasteiger partial charge in [0.25, 0.3) is 0 Å². The number of aromatic nitrogens is 2. The van der Waals surface area contributed by atoms with E-state index < -0.39 is 0 Å². The quantitative estimate of drug-likeness (QED) is 0.786. The Morgan fingerprint density at radius 2 is 1.71 bits per heavy atom. The minimum Gasteiger partial charge on any atom is -0.382 e. The predicted octanol–water partition coefficient (Wildman–Crippen LogP) is 3.55. The maximum Gasteiger partial charge on any atom is 0.131 e. The predicted molar refractivity (Wildman–Crippen MR) is 86.6 cm³/mol. The Balaban J connectivity index is 1.80. The molecule has 3 rings (SSSR count). The third kappa shape index (κ3) is 3.54. The van der Waals surface area contributed by atoms with Crippen molar-refractivity contribution in [3.05, 3.63) is 17.7 Å². The summed E-state index contributed by atoms with van der Waals surface area (Å²) in [7, 11) is 0. The van der Waals surface area contributed by atoms with Gasteiger partial charge in [-0.1, -0.05) is 25.7 Å². The van der Waals surface area contributed by atoms with E-state index in [4.69, 9.17) is 10.7 Å². The number of hydrogen-bond acceptors (Lipinski definition) is 4. The zero-order valence-electron chi connectivity index (χ0n) is 13.0. The van der Waals surface area contributed by atoms with Crippen molar-refractivity contribution in [2.75, 3.05) is 18.4 Å². The molecule has 0 aromatic carbocycles. The van der Waals surface area contributed by atoms with Crippen LogP contribution in [0.1, 0.15) is 81.1 Å². The van der Waals surface area contributed by atoms with Crippen molar-refractivity contribution in [2.45, 2.75) is 69.6 Å². The van der Waals surface area contributed by atoms with Gasteiger partial charge in [0, 0.05) is 18.4 Å². The first-order valence-corrected chi connectivity index (χ1v) is 8.69. The molecule has 21 heavy (non-hydrogen) atoms. The van der Waals surface area contributed by atoms with Crippen molar-refractivity contribution in [2.24, 2.45) is 5.73 Å². The molecule has 2 aliphatic rings. The highest BCUT2D eigenvalue weighted by Gasteiger charge is 2.25. The van der Waals surface area contributed by atoms with E-state index in [9.17, 15) is 0 Å². The van der Waals surface area contributed by atoms with Crippen molar-refractivity contribution >= 4 is 5.69 Å². The number of anilines is 1. The molecule has 4 heteroatoms. The third-order valence-corrected chi connectivity index (χ3v) is 5.00. The van der Waals surface area contributed by atoms with Crippen LogP contribution in [0.15, 0.2) is 6.20 Å². The Kier molecular flexibility index (Phi) is 5.07. The Bertz CT molecular complexity index is 448. The van der Waals surface area contributed by atoms with Crippen LogP contribution < -0.4 is 11.1 Å². The molecule has 116 valence electrons. The third-order valence-electron chi connectivity index (χ3n) is 5.00. The molecule has 4 nitrogen and oxygen atoms in total. The molecular formula is C17H28N4. The van der Waals surface area contributed by atoms with E-state index in [2.05, 4.69) is 10.3 Å². The molecule has 1 aromatic heterocycles. The standard InChI is InChI=1S/C17H28N4/c18-10-5-11-19-15-12-20-17(14-8-3-4-9-14)21-16(15)13-6-1-2-7-13/h12-14,19H,1-11,18H2. The fourth-order valence-electron chi connectivity index (χ4n) is 3.76. The average Bonchev–Trinajstić information content (AvgIpc) is 3.21. The maximum absolute atomic E-state index is 5.59. The number of hydrogen-bond donors (Lipinski definition) is 2. The molecule has 0 radical (unpaired) electrons. The molecule has 3 N–H and O–H groups in total. The summed E-state index contributed by atoms with van der Waals surface area (Å²) in [5.41, 5.74) is 8.02. The van der Waals surface area contributed by atoms with Gasteiger partial charge in [-0.05, 0) is 38.6 Å². The molecular weight excluding hydrogens is 260 g/mol. The SMILES string of the molecule is NCCCNc1cnc(C2CCCC2)nc1C1CCCC1. The Hall–Kier alpha value is -1.16. The van der Waals surface area contributed by atoms with Gasteiger partial charge in [0.05, 0.1) is 17.6 Å². The highest BCUT2D eigenvalue weighted by atomic mass is 15.0. The van der Waals surface area contributed by atoms with Crippen LogP contribution in [0.3, 0.4) is 0 Å². The number of nitrogens with two attached hydrogens (primary N) is 1. The van der Waals surface area contributed by atoms with Crippen molar-refractivity contribution in [3.8, 4) is 0 Å². The second-order valence-corrected chi connectivity index (χ2v) is 6.56. The topological polar surface area (TPSA) is 63.8 Å². The largest absolute Gasteiger partial charge is 0.382 e. The van der Waals surface area contributed by atoms with Crippen LogP contribution in [0.4, 0.5) is 5.69 Å². The lowest BCUT2D eigenvalue weighted by molar-refractivity contribution is 0.634. The normalized spacial score (nSPS) is 20.2. The van der Waals surface area contributed by atoms with Gasteiger partial charge < -0.3 is 11.1 Å². The zero-order chi connectivity index (χ0) is 14.5. The molecule has 0 aliphatic heterocycles. The minimum absolute atomic E-state index is 0.600. The molecule has 0 saturated heterocycles. The summed E-state index contributed by atoms with van der Waals surface area (Å²) in [5, 5.41) is 3.50. The van der Waals surface area contributed by atoms with Gasteiger partial charge in [0.2, 0.25) is 0 Å². The first-order valence-electron chi connectivity index (χ1n) is 8.69. The van der Waals surface area contributed by atoms with E-state index in [0.29, 0.717) is 11.8 Å². The summed E-state index contributed by atoms with van der Waals surface area (Å²) in [6.07, 6.45) is 13.5. The minimum atomic E-state index is 0.600. The Morgan fingerprint density at radius 1 is 1.05 bits per heavy atom. The van der Waals surface area contributed by atoms with Crippen LogP contribution in [-0.4, -0.2) is 23.1 Å². The zero-order valence-corrected chi connectivity index (χ0v) is 13.0. The van der Waals surface area contributed by atoms with Crippen LogP contribution in [-0.2, 0) is 0 Å². The van der Waals surface area contributed by atoms with Gasteiger partial charge in [-0.25, -0.2) is 9.97 Å². The molecule has 2 fully saturated rings. The van der Waals surface area contributed by atoms with Gasteiger partial charge in [-0.3, -0.25) is 0 Å². The summed E-state index contributed by atoms with van der Waals surface area (Å²) >= 11 is 0. The van der Waals surface area contributed by atoms with Crippen molar-refractivity contribution in [1.82, 2.24) is 9.97 Å². The first kappa shape index (κ1) is 14.8. The summed E-state index contributed by atoms with van der Waals surface area (Å²) < 4.78 is 0. The highest BCUT2D eigenvalue weighted by molar-refractivity contribution is 5.48. The molecule has 0 spiro atoms. The van der Waals surface area contributed by atoms with E-state index in [-0.39, 0.29) is 0 Å². The van der Waals surface area contributed by atoms with Crippen molar-refractivity contribution in [1.29, 1.82) is 0 Å². The van der Waals surface area contributed by atoms with E-state index >= 15 is 0 Å².